The molecule has 0 aliphatic rings. The molecule has 2 aromatic heterocycles. The van der Waals surface area contributed by atoms with E-state index in [1.54, 1.807) is 24.3 Å². The SMILES string of the molecule is CCN(CC)c1nc2ccsc2c(=O)n1CC(=O)NCc1ccccc1F. The fraction of sp³-hybridized carbons (Fsp3) is 0.316. The summed E-state index contributed by atoms with van der Waals surface area (Å²) in [6.45, 7) is 5.16. The molecule has 0 saturated heterocycles. The van der Waals surface area contributed by atoms with Gasteiger partial charge in [-0.3, -0.25) is 14.2 Å². The molecule has 27 heavy (non-hydrogen) atoms. The van der Waals surface area contributed by atoms with Crippen LogP contribution in [0.1, 0.15) is 19.4 Å². The lowest BCUT2D eigenvalue weighted by atomic mass is 10.2. The summed E-state index contributed by atoms with van der Waals surface area (Å²) in [5.41, 5.74) is 0.793. The highest BCUT2D eigenvalue weighted by Gasteiger charge is 2.18. The number of hydrogen-bond acceptors (Lipinski definition) is 5. The van der Waals surface area contributed by atoms with Crippen molar-refractivity contribution < 1.29 is 9.18 Å². The first-order valence-corrected chi connectivity index (χ1v) is 9.66. The Morgan fingerprint density at radius 2 is 2.00 bits per heavy atom. The number of fused-ring (bicyclic) bond motifs is 1. The van der Waals surface area contributed by atoms with Crippen molar-refractivity contribution in [2.24, 2.45) is 0 Å². The van der Waals surface area contributed by atoms with Crippen molar-refractivity contribution in [2.75, 3.05) is 18.0 Å². The van der Waals surface area contributed by atoms with Gasteiger partial charge in [0.25, 0.3) is 5.56 Å². The summed E-state index contributed by atoms with van der Waals surface area (Å²) < 4.78 is 15.6. The van der Waals surface area contributed by atoms with Gasteiger partial charge in [-0.1, -0.05) is 18.2 Å². The van der Waals surface area contributed by atoms with Gasteiger partial charge in [-0.05, 0) is 31.4 Å². The maximum atomic E-state index is 13.7. The summed E-state index contributed by atoms with van der Waals surface area (Å²) in [4.78, 5) is 31.8. The van der Waals surface area contributed by atoms with E-state index in [4.69, 9.17) is 0 Å². The van der Waals surface area contributed by atoms with Crippen molar-refractivity contribution in [3.63, 3.8) is 0 Å². The summed E-state index contributed by atoms with van der Waals surface area (Å²) in [6.07, 6.45) is 0. The predicted octanol–water partition coefficient (Wildman–Crippen LogP) is 2.76. The molecular weight excluding hydrogens is 367 g/mol. The Bertz CT molecular complexity index is 1010. The topological polar surface area (TPSA) is 67.2 Å². The zero-order valence-electron chi connectivity index (χ0n) is 15.2. The van der Waals surface area contributed by atoms with Crippen molar-refractivity contribution >= 4 is 33.4 Å². The fourth-order valence-corrected chi connectivity index (χ4v) is 3.64. The summed E-state index contributed by atoms with van der Waals surface area (Å²) in [5, 5.41) is 4.49. The summed E-state index contributed by atoms with van der Waals surface area (Å²) >= 11 is 1.31. The summed E-state index contributed by atoms with van der Waals surface area (Å²) in [6, 6.07) is 8.07. The Balaban J connectivity index is 1.87. The van der Waals surface area contributed by atoms with Gasteiger partial charge in [-0.25, -0.2) is 9.37 Å². The normalized spacial score (nSPS) is 10.9. The highest BCUT2D eigenvalue weighted by molar-refractivity contribution is 7.17. The van der Waals surface area contributed by atoms with Gasteiger partial charge in [0, 0.05) is 25.2 Å². The third kappa shape index (κ3) is 4.00. The lowest BCUT2D eigenvalue weighted by Crippen LogP contribution is -2.37. The van der Waals surface area contributed by atoms with Gasteiger partial charge in [0.2, 0.25) is 11.9 Å². The van der Waals surface area contributed by atoms with Gasteiger partial charge >= 0.3 is 0 Å². The standard InChI is InChI=1S/C19H21FN4O2S/c1-3-23(4-2)19-22-15-9-10-27-17(15)18(26)24(19)12-16(25)21-11-13-7-5-6-8-14(13)20/h5-10H,3-4,11-12H2,1-2H3,(H,21,25). The van der Waals surface area contributed by atoms with E-state index < -0.39 is 0 Å². The molecule has 0 spiro atoms. The minimum Gasteiger partial charge on any atom is -0.350 e. The van der Waals surface area contributed by atoms with Gasteiger partial charge in [0.1, 0.15) is 17.1 Å². The Kier molecular flexibility index (Phi) is 5.85. The number of hydrogen-bond donors (Lipinski definition) is 1. The number of rotatable bonds is 7. The first-order valence-electron chi connectivity index (χ1n) is 8.78. The van der Waals surface area contributed by atoms with E-state index in [1.165, 1.54) is 22.0 Å². The van der Waals surface area contributed by atoms with Gasteiger partial charge < -0.3 is 10.2 Å². The van der Waals surface area contributed by atoms with Crippen LogP contribution in [-0.4, -0.2) is 28.5 Å². The number of thiophene rings is 1. The van der Waals surface area contributed by atoms with Crippen LogP contribution < -0.4 is 15.8 Å². The molecule has 1 aromatic carbocycles. The van der Waals surface area contributed by atoms with Crippen molar-refractivity contribution in [3.8, 4) is 0 Å². The fourth-order valence-electron chi connectivity index (χ4n) is 2.86. The monoisotopic (exact) mass is 388 g/mol. The molecule has 8 heteroatoms. The number of anilines is 1. The lowest BCUT2D eigenvalue weighted by Gasteiger charge is -2.23. The third-order valence-electron chi connectivity index (χ3n) is 4.33. The molecule has 3 rings (SSSR count). The van der Waals surface area contributed by atoms with Crippen molar-refractivity contribution in [2.45, 2.75) is 26.9 Å². The molecule has 0 aliphatic heterocycles. The van der Waals surface area contributed by atoms with E-state index in [9.17, 15) is 14.0 Å². The van der Waals surface area contributed by atoms with Crippen molar-refractivity contribution in [3.05, 3.63) is 57.4 Å². The number of nitrogens with one attached hydrogen (secondary N) is 1. The molecule has 3 aromatic rings. The van der Waals surface area contributed by atoms with E-state index >= 15 is 0 Å². The third-order valence-corrected chi connectivity index (χ3v) is 5.22. The van der Waals surface area contributed by atoms with Gasteiger partial charge in [-0.2, -0.15) is 0 Å². The average molecular weight is 388 g/mol. The molecule has 0 radical (unpaired) electrons. The first kappa shape index (κ1) is 19.0. The number of benzene rings is 1. The molecule has 0 fully saturated rings. The molecule has 0 saturated carbocycles. The molecule has 0 atom stereocenters. The van der Waals surface area contributed by atoms with E-state index in [1.807, 2.05) is 24.1 Å². The second-order valence-corrected chi connectivity index (χ2v) is 6.89. The average Bonchev–Trinajstić information content (AvgIpc) is 3.14. The molecule has 0 aliphatic carbocycles. The Hall–Kier alpha value is -2.74. The summed E-state index contributed by atoms with van der Waals surface area (Å²) in [5.74, 6) is -0.274. The highest BCUT2D eigenvalue weighted by atomic mass is 32.1. The second-order valence-electron chi connectivity index (χ2n) is 5.98. The smallest absolute Gasteiger partial charge is 0.273 e. The Morgan fingerprint density at radius 3 is 2.70 bits per heavy atom. The molecule has 0 bridgehead atoms. The van der Waals surface area contributed by atoms with Crippen LogP contribution in [0, 0.1) is 5.82 Å². The van der Waals surface area contributed by atoms with Gasteiger partial charge in [0.05, 0.1) is 5.52 Å². The Morgan fingerprint density at radius 1 is 1.26 bits per heavy atom. The van der Waals surface area contributed by atoms with Crippen LogP contribution in [0.2, 0.25) is 0 Å². The molecule has 1 amide bonds. The zero-order chi connectivity index (χ0) is 19.4. The van der Waals surface area contributed by atoms with E-state index in [0.29, 0.717) is 34.8 Å². The number of carbonyl (C=O) groups excluding carboxylic acids is 1. The first-order chi connectivity index (χ1) is 13.0. The van der Waals surface area contributed by atoms with Crippen LogP contribution in [0.15, 0.2) is 40.5 Å². The van der Waals surface area contributed by atoms with Crippen LogP contribution in [0.4, 0.5) is 10.3 Å². The highest BCUT2D eigenvalue weighted by Crippen LogP contribution is 2.19. The van der Waals surface area contributed by atoms with Crippen molar-refractivity contribution in [1.82, 2.24) is 14.9 Å². The number of aromatic nitrogens is 2. The number of halogens is 1. The van der Waals surface area contributed by atoms with Crippen LogP contribution >= 0.6 is 11.3 Å². The van der Waals surface area contributed by atoms with Gasteiger partial charge in [-0.15, -0.1) is 11.3 Å². The second kappa shape index (κ2) is 8.30. The lowest BCUT2D eigenvalue weighted by molar-refractivity contribution is -0.121. The number of carbonyl (C=O) groups is 1. The maximum Gasteiger partial charge on any atom is 0.273 e. The van der Waals surface area contributed by atoms with E-state index in [0.717, 1.165) is 0 Å². The summed E-state index contributed by atoms with van der Waals surface area (Å²) in [7, 11) is 0. The zero-order valence-corrected chi connectivity index (χ0v) is 16.1. The minimum absolute atomic E-state index is 0.0650. The molecule has 142 valence electrons. The number of nitrogens with zero attached hydrogens (tertiary/aromatic N) is 3. The van der Waals surface area contributed by atoms with Crippen molar-refractivity contribution in [1.29, 1.82) is 0 Å². The van der Waals surface area contributed by atoms with Crippen LogP contribution in [-0.2, 0) is 17.9 Å². The molecular formula is C19H21FN4O2S. The quantitative estimate of drug-likeness (QED) is 0.676. The molecule has 0 unspecified atom stereocenters. The molecule has 2 heterocycles. The number of amides is 1. The van der Waals surface area contributed by atoms with E-state index in [2.05, 4.69) is 10.3 Å². The van der Waals surface area contributed by atoms with Crippen LogP contribution in [0.25, 0.3) is 10.2 Å². The minimum atomic E-state index is -0.375. The largest absolute Gasteiger partial charge is 0.350 e. The molecule has 1 N–H and O–H groups in total. The predicted molar refractivity (Wildman–Crippen MR) is 106 cm³/mol. The van der Waals surface area contributed by atoms with Crippen LogP contribution in [0.3, 0.4) is 0 Å². The van der Waals surface area contributed by atoms with Gasteiger partial charge in [0.15, 0.2) is 0 Å². The van der Waals surface area contributed by atoms with E-state index in [-0.39, 0.29) is 30.4 Å². The Labute approximate surface area is 160 Å². The maximum absolute atomic E-state index is 13.7. The molecule has 6 nitrogen and oxygen atoms in total. The van der Waals surface area contributed by atoms with Crippen LogP contribution in [0.5, 0.6) is 0 Å².